The number of allylic oxidation sites excluding steroid dienone is 1. The van der Waals surface area contributed by atoms with E-state index in [0.717, 1.165) is 35.1 Å². The standard InChI is InChI=1S/C17H20N2O2S/c1-11-5-7-13(8-6-11)15-14(16(20)21-3)12(2)18-17-19(15)9-4-10-22-17/h5-8,15H,4,9-10H2,1-3H3. The first kappa shape index (κ1) is 15.2. The maximum Gasteiger partial charge on any atom is 0.338 e. The number of ether oxygens (including phenoxy) is 1. The Kier molecular flexibility index (Phi) is 4.25. The molecule has 0 aromatic heterocycles. The molecule has 1 unspecified atom stereocenters. The minimum absolute atomic E-state index is 0.103. The van der Waals surface area contributed by atoms with Crippen LogP contribution in [-0.4, -0.2) is 35.4 Å². The quantitative estimate of drug-likeness (QED) is 0.785. The fourth-order valence-corrected chi connectivity index (χ4v) is 3.95. The third-order valence-electron chi connectivity index (χ3n) is 4.06. The third-order valence-corrected chi connectivity index (χ3v) is 5.13. The Balaban J connectivity index is 2.11. The Labute approximate surface area is 135 Å². The van der Waals surface area contributed by atoms with E-state index >= 15 is 0 Å². The van der Waals surface area contributed by atoms with Crippen LogP contribution in [0.3, 0.4) is 0 Å². The molecule has 1 aromatic carbocycles. The van der Waals surface area contributed by atoms with E-state index in [2.05, 4.69) is 41.1 Å². The third kappa shape index (κ3) is 2.65. The molecule has 0 N–H and O–H groups in total. The molecule has 1 fully saturated rings. The van der Waals surface area contributed by atoms with Crippen LogP contribution < -0.4 is 0 Å². The van der Waals surface area contributed by atoms with Gasteiger partial charge in [0.2, 0.25) is 0 Å². The molecule has 0 spiro atoms. The van der Waals surface area contributed by atoms with Gasteiger partial charge < -0.3 is 9.64 Å². The van der Waals surface area contributed by atoms with Gasteiger partial charge in [0.15, 0.2) is 5.17 Å². The van der Waals surface area contributed by atoms with Crippen LogP contribution in [0.25, 0.3) is 0 Å². The minimum Gasteiger partial charge on any atom is -0.466 e. The van der Waals surface area contributed by atoms with Crippen LogP contribution in [0.2, 0.25) is 0 Å². The lowest BCUT2D eigenvalue weighted by molar-refractivity contribution is -0.136. The van der Waals surface area contributed by atoms with Gasteiger partial charge >= 0.3 is 5.97 Å². The number of carbonyl (C=O) groups excluding carboxylic acids is 1. The van der Waals surface area contributed by atoms with Crippen molar-refractivity contribution in [3.63, 3.8) is 0 Å². The number of carbonyl (C=O) groups is 1. The van der Waals surface area contributed by atoms with Gasteiger partial charge in [0.1, 0.15) is 0 Å². The highest BCUT2D eigenvalue weighted by molar-refractivity contribution is 8.13. The van der Waals surface area contributed by atoms with Crippen molar-refractivity contribution in [2.24, 2.45) is 4.99 Å². The molecule has 2 aliphatic heterocycles. The number of aryl methyl sites for hydroxylation is 1. The number of benzene rings is 1. The van der Waals surface area contributed by atoms with Crippen molar-refractivity contribution in [1.82, 2.24) is 4.90 Å². The van der Waals surface area contributed by atoms with E-state index in [-0.39, 0.29) is 12.0 Å². The van der Waals surface area contributed by atoms with Crippen LogP contribution >= 0.6 is 11.8 Å². The summed E-state index contributed by atoms with van der Waals surface area (Å²) in [6.07, 6.45) is 1.10. The van der Waals surface area contributed by atoms with Gasteiger partial charge in [-0.25, -0.2) is 9.79 Å². The topological polar surface area (TPSA) is 41.9 Å². The van der Waals surface area contributed by atoms with Gasteiger partial charge in [-0.15, -0.1) is 0 Å². The van der Waals surface area contributed by atoms with Crippen molar-refractivity contribution in [3.8, 4) is 0 Å². The van der Waals surface area contributed by atoms with Crippen molar-refractivity contribution < 1.29 is 9.53 Å². The van der Waals surface area contributed by atoms with E-state index in [4.69, 9.17) is 4.74 Å². The Morgan fingerprint density at radius 2 is 2.05 bits per heavy atom. The summed E-state index contributed by atoms with van der Waals surface area (Å²) in [5.74, 6) is 0.790. The number of esters is 1. The second kappa shape index (κ2) is 6.16. The van der Waals surface area contributed by atoms with E-state index in [9.17, 15) is 4.79 Å². The highest BCUT2D eigenvalue weighted by Crippen LogP contribution is 2.39. The van der Waals surface area contributed by atoms with Crippen molar-refractivity contribution in [2.45, 2.75) is 26.3 Å². The molecule has 2 aliphatic rings. The van der Waals surface area contributed by atoms with Crippen LogP contribution in [0.5, 0.6) is 0 Å². The Hall–Kier alpha value is -1.75. The molecule has 1 atom stereocenters. The zero-order valence-corrected chi connectivity index (χ0v) is 13.9. The number of rotatable bonds is 2. The fourth-order valence-electron chi connectivity index (χ4n) is 2.93. The maximum absolute atomic E-state index is 12.3. The summed E-state index contributed by atoms with van der Waals surface area (Å²) in [6, 6.07) is 8.26. The van der Waals surface area contributed by atoms with Crippen LogP contribution in [-0.2, 0) is 9.53 Å². The summed E-state index contributed by atoms with van der Waals surface area (Å²) in [6.45, 7) is 4.88. The monoisotopic (exact) mass is 316 g/mol. The zero-order chi connectivity index (χ0) is 15.7. The molecule has 0 bridgehead atoms. The van der Waals surface area contributed by atoms with Crippen LogP contribution in [0, 0.1) is 6.92 Å². The highest BCUT2D eigenvalue weighted by Gasteiger charge is 2.37. The molecule has 4 nitrogen and oxygen atoms in total. The summed E-state index contributed by atoms with van der Waals surface area (Å²) in [4.78, 5) is 19.2. The van der Waals surface area contributed by atoms with Gasteiger partial charge in [0, 0.05) is 12.3 Å². The fraction of sp³-hybridized carbons (Fsp3) is 0.412. The van der Waals surface area contributed by atoms with Crippen LogP contribution in [0.4, 0.5) is 0 Å². The number of aliphatic imine (C=N–C) groups is 1. The molecular formula is C17H20N2O2S. The first-order valence-corrected chi connectivity index (χ1v) is 8.44. The molecule has 1 saturated heterocycles. The molecule has 0 radical (unpaired) electrons. The van der Waals surface area contributed by atoms with Crippen molar-refractivity contribution in [2.75, 3.05) is 19.4 Å². The molecule has 0 amide bonds. The second-order valence-corrected chi connectivity index (χ2v) is 6.66. The number of thioether (sulfide) groups is 1. The molecule has 1 aromatic rings. The van der Waals surface area contributed by atoms with Crippen molar-refractivity contribution in [1.29, 1.82) is 0 Å². The Morgan fingerprint density at radius 1 is 1.32 bits per heavy atom. The highest BCUT2D eigenvalue weighted by atomic mass is 32.2. The van der Waals surface area contributed by atoms with Crippen LogP contribution in [0.1, 0.15) is 30.5 Å². The van der Waals surface area contributed by atoms with Gasteiger partial charge in [-0.2, -0.15) is 0 Å². The van der Waals surface area contributed by atoms with E-state index in [1.165, 1.54) is 12.7 Å². The number of amidine groups is 1. The van der Waals surface area contributed by atoms with E-state index in [0.29, 0.717) is 5.57 Å². The van der Waals surface area contributed by atoms with E-state index in [1.54, 1.807) is 11.8 Å². The van der Waals surface area contributed by atoms with E-state index < -0.39 is 0 Å². The first-order chi connectivity index (χ1) is 10.6. The first-order valence-electron chi connectivity index (χ1n) is 7.45. The van der Waals surface area contributed by atoms with Gasteiger partial charge in [-0.3, -0.25) is 0 Å². The SMILES string of the molecule is COC(=O)C1=C(C)N=C2SCCCN2C1c1ccc(C)cc1. The lowest BCUT2D eigenvalue weighted by Crippen LogP contribution is -2.42. The van der Waals surface area contributed by atoms with E-state index in [1.807, 2.05) is 6.92 Å². The van der Waals surface area contributed by atoms with Crippen molar-refractivity contribution >= 4 is 22.9 Å². The summed E-state index contributed by atoms with van der Waals surface area (Å²) < 4.78 is 5.02. The zero-order valence-electron chi connectivity index (χ0n) is 13.1. The summed E-state index contributed by atoms with van der Waals surface area (Å²) in [5.41, 5.74) is 3.73. The predicted molar refractivity (Wildman–Crippen MR) is 89.9 cm³/mol. The number of hydrogen-bond donors (Lipinski definition) is 0. The number of hydrogen-bond acceptors (Lipinski definition) is 5. The summed E-state index contributed by atoms with van der Waals surface area (Å²) in [5, 5.41) is 1.02. The summed E-state index contributed by atoms with van der Waals surface area (Å²) in [7, 11) is 1.43. The average Bonchev–Trinajstić information content (AvgIpc) is 2.54. The molecule has 3 rings (SSSR count). The number of nitrogens with zero attached hydrogens (tertiary/aromatic N) is 2. The van der Waals surface area contributed by atoms with Crippen molar-refractivity contribution in [3.05, 3.63) is 46.7 Å². The molecule has 0 aliphatic carbocycles. The molecule has 22 heavy (non-hydrogen) atoms. The Morgan fingerprint density at radius 3 is 2.73 bits per heavy atom. The smallest absolute Gasteiger partial charge is 0.338 e. The van der Waals surface area contributed by atoms with Crippen LogP contribution in [0.15, 0.2) is 40.5 Å². The minimum atomic E-state index is -0.290. The lowest BCUT2D eigenvalue weighted by Gasteiger charge is -2.40. The van der Waals surface area contributed by atoms with Gasteiger partial charge in [0.25, 0.3) is 0 Å². The van der Waals surface area contributed by atoms with Gasteiger partial charge in [0.05, 0.1) is 24.4 Å². The lowest BCUT2D eigenvalue weighted by atomic mass is 9.94. The average molecular weight is 316 g/mol. The molecule has 2 heterocycles. The normalized spacial score (nSPS) is 21.3. The number of methoxy groups -OCH3 is 1. The van der Waals surface area contributed by atoms with Gasteiger partial charge in [-0.05, 0) is 25.8 Å². The molecular weight excluding hydrogens is 296 g/mol. The maximum atomic E-state index is 12.3. The summed E-state index contributed by atoms with van der Waals surface area (Å²) >= 11 is 1.76. The predicted octanol–water partition coefficient (Wildman–Crippen LogP) is 3.29. The largest absolute Gasteiger partial charge is 0.466 e. The number of fused-ring (bicyclic) bond motifs is 1. The molecule has 5 heteroatoms. The Bertz CT molecular complexity index is 649. The molecule has 0 saturated carbocycles. The molecule has 116 valence electrons. The van der Waals surface area contributed by atoms with Gasteiger partial charge in [-0.1, -0.05) is 41.6 Å². The second-order valence-electron chi connectivity index (χ2n) is 5.59.